The van der Waals surface area contributed by atoms with Crippen LogP contribution in [-0.4, -0.2) is 20.9 Å². The van der Waals surface area contributed by atoms with E-state index in [2.05, 4.69) is 32.6 Å². The van der Waals surface area contributed by atoms with Crippen molar-refractivity contribution >= 4 is 44.2 Å². The van der Waals surface area contributed by atoms with Gasteiger partial charge >= 0.3 is 0 Å². The van der Waals surface area contributed by atoms with Gasteiger partial charge in [-0.1, -0.05) is 6.07 Å². The van der Waals surface area contributed by atoms with E-state index < -0.39 is 10.0 Å². The van der Waals surface area contributed by atoms with E-state index in [0.717, 1.165) is 14.7 Å². The standard InChI is InChI=1S/C17H19IN2O3S/c1-12-3-8-16(11-13(12)2)24(22,23)19-10-9-17(21)20-15-6-4-14(18)5-7-15/h3-8,11,19H,9-10H2,1-2H3,(H,20,21). The number of carbonyl (C=O) groups excluding carboxylic acids is 1. The number of amides is 1. The second-order valence-corrected chi connectivity index (χ2v) is 8.46. The molecule has 0 heterocycles. The molecule has 0 spiro atoms. The Kier molecular flexibility index (Phi) is 6.36. The van der Waals surface area contributed by atoms with Gasteiger partial charge in [0.1, 0.15) is 0 Å². The van der Waals surface area contributed by atoms with Crippen molar-refractivity contribution in [2.75, 3.05) is 11.9 Å². The molecule has 0 bridgehead atoms. The van der Waals surface area contributed by atoms with Gasteiger partial charge in [0, 0.05) is 22.2 Å². The molecule has 2 rings (SSSR count). The molecule has 0 fully saturated rings. The molecular weight excluding hydrogens is 439 g/mol. The maximum Gasteiger partial charge on any atom is 0.240 e. The molecule has 2 aromatic rings. The molecule has 2 N–H and O–H groups in total. The Morgan fingerprint density at radius 1 is 1.04 bits per heavy atom. The first-order valence-corrected chi connectivity index (χ1v) is 9.96. The number of carbonyl (C=O) groups is 1. The van der Waals surface area contributed by atoms with Crippen LogP contribution >= 0.6 is 22.6 Å². The largest absolute Gasteiger partial charge is 0.326 e. The number of hydrogen-bond donors (Lipinski definition) is 2. The maximum absolute atomic E-state index is 12.2. The number of benzene rings is 2. The van der Waals surface area contributed by atoms with Gasteiger partial charge in [0.25, 0.3) is 0 Å². The fourth-order valence-electron chi connectivity index (χ4n) is 2.02. The van der Waals surface area contributed by atoms with E-state index in [1.165, 1.54) is 0 Å². The van der Waals surface area contributed by atoms with E-state index in [4.69, 9.17) is 0 Å². The fourth-order valence-corrected chi connectivity index (χ4v) is 3.50. The Morgan fingerprint density at radius 3 is 2.33 bits per heavy atom. The van der Waals surface area contributed by atoms with Crippen LogP contribution in [-0.2, 0) is 14.8 Å². The molecular formula is C17H19IN2O3S. The zero-order valence-electron chi connectivity index (χ0n) is 13.5. The molecule has 0 unspecified atom stereocenters. The molecule has 0 aliphatic heterocycles. The molecule has 0 atom stereocenters. The summed E-state index contributed by atoms with van der Waals surface area (Å²) in [5, 5.41) is 2.73. The smallest absolute Gasteiger partial charge is 0.240 e. The summed E-state index contributed by atoms with van der Waals surface area (Å²) in [6, 6.07) is 12.3. The Bertz CT molecular complexity index is 833. The van der Waals surface area contributed by atoms with Crippen LogP contribution < -0.4 is 10.0 Å². The van der Waals surface area contributed by atoms with Gasteiger partial charge in [0.05, 0.1) is 4.90 Å². The SMILES string of the molecule is Cc1ccc(S(=O)(=O)NCCC(=O)Nc2ccc(I)cc2)cc1C. The van der Waals surface area contributed by atoms with Gasteiger partial charge in [-0.15, -0.1) is 0 Å². The summed E-state index contributed by atoms with van der Waals surface area (Å²) in [6.07, 6.45) is 0.0655. The van der Waals surface area contributed by atoms with Crippen molar-refractivity contribution in [3.63, 3.8) is 0 Å². The Balaban J connectivity index is 1.89. The van der Waals surface area contributed by atoms with Crippen molar-refractivity contribution in [1.29, 1.82) is 0 Å². The number of sulfonamides is 1. The van der Waals surface area contributed by atoms with Gasteiger partial charge in [0.2, 0.25) is 15.9 Å². The van der Waals surface area contributed by atoms with Crippen LogP contribution in [0.15, 0.2) is 47.4 Å². The lowest BCUT2D eigenvalue weighted by molar-refractivity contribution is -0.116. The van der Waals surface area contributed by atoms with Crippen molar-refractivity contribution in [3.8, 4) is 0 Å². The first-order valence-electron chi connectivity index (χ1n) is 7.40. The summed E-state index contributed by atoms with van der Waals surface area (Å²) in [7, 11) is -3.60. The van der Waals surface area contributed by atoms with Crippen molar-refractivity contribution in [3.05, 3.63) is 57.2 Å². The molecule has 1 amide bonds. The highest BCUT2D eigenvalue weighted by Gasteiger charge is 2.14. The Morgan fingerprint density at radius 2 is 1.71 bits per heavy atom. The predicted octanol–water partition coefficient (Wildman–Crippen LogP) is 3.22. The van der Waals surface area contributed by atoms with E-state index in [1.54, 1.807) is 30.3 Å². The fraction of sp³-hybridized carbons (Fsp3) is 0.235. The van der Waals surface area contributed by atoms with Crippen LogP contribution in [0.2, 0.25) is 0 Å². The quantitative estimate of drug-likeness (QED) is 0.653. The minimum atomic E-state index is -3.60. The molecule has 0 aliphatic rings. The van der Waals surface area contributed by atoms with Crippen LogP contribution in [0.25, 0.3) is 0 Å². The molecule has 2 aromatic carbocycles. The highest BCUT2D eigenvalue weighted by molar-refractivity contribution is 14.1. The van der Waals surface area contributed by atoms with Crippen LogP contribution in [0.1, 0.15) is 17.5 Å². The van der Waals surface area contributed by atoms with Crippen LogP contribution in [0, 0.1) is 17.4 Å². The van der Waals surface area contributed by atoms with E-state index in [0.29, 0.717) is 5.69 Å². The first kappa shape index (κ1) is 18.9. The maximum atomic E-state index is 12.2. The summed E-state index contributed by atoms with van der Waals surface area (Å²) in [5.74, 6) is -0.237. The molecule has 0 saturated carbocycles. The molecule has 0 aliphatic carbocycles. The van der Waals surface area contributed by atoms with E-state index in [-0.39, 0.29) is 23.8 Å². The minimum Gasteiger partial charge on any atom is -0.326 e. The molecule has 24 heavy (non-hydrogen) atoms. The summed E-state index contributed by atoms with van der Waals surface area (Å²) in [5.41, 5.74) is 2.64. The summed E-state index contributed by atoms with van der Waals surface area (Å²) < 4.78 is 28.0. The lowest BCUT2D eigenvalue weighted by Crippen LogP contribution is -2.28. The number of rotatable bonds is 6. The second-order valence-electron chi connectivity index (χ2n) is 5.45. The Hall–Kier alpha value is -1.45. The highest BCUT2D eigenvalue weighted by atomic mass is 127. The third kappa shape index (κ3) is 5.29. The summed E-state index contributed by atoms with van der Waals surface area (Å²) in [4.78, 5) is 12.1. The average Bonchev–Trinajstić information content (AvgIpc) is 2.52. The third-order valence-electron chi connectivity index (χ3n) is 3.56. The average molecular weight is 458 g/mol. The van der Waals surface area contributed by atoms with Crippen molar-refractivity contribution in [1.82, 2.24) is 4.72 Å². The molecule has 5 nitrogen and oxygen atoms in total. The van der Waals surface area contributed by atoms with Crippen LogP contribution in [0.4, 0.5) is 5.69 Å². The van der Waals surface area contributed by atoms with Crippen molar-refractivity contribution in [2.45, 2.75) is 25.2 Å². The summed E-state index contributed by atoms with van der Waals surface area (Å²) >= 11 is 2.18. The molecule has 0 radical (unpaired) electrons. The zero-order chi connectivity index (χ0) is 17.7. The first-order chi connectivity index (χ1) is 11.3. The monoisotopic (exact) mass is 458 g/mol. The van der Waals surface area contributed by atoms with Crippen molar-refractivity contribution < 1.29 is 13.2 Å². The number of hydrogen-bond acceptors (Lipinski definition) is 3. The minimum absolute atomic E-state index is 0.0471. The lowest BCUT2D eigenvalue weighted by Gasteiger charge is -2.09. The number of anilines is 1. The van der Waals surface area contributed by atoms with Gasteiger partial charge in [-0.25, -0.2) is 13.1 Å². The summed E-state index contributed by atoms with van der Waals surface area (Å²) in [6.45, 7) is 3.84. The van der Waals surface area contributed by atoms with Crippen LogP contribution in [0.5, 0.6) is 0 Å². The molecule has 7 heteroatoms. The van der Waals surface area contributed by atoms with Crippen LogP contribution in [0.3, 0.4) is 0 Å². The van der Waals surface area contributed by atoms with E-state index >= 15 is 0 Å². The Labute approximate surface area is 156 Å². The normalized spacial score (nSPS) is 11.3. The topological polar surface area (TPSA) is 75.3 Å². The van der Waals surface area contributed by atoms with Gasteiger partial charge in [0.15, 0.2) is 0 Å². The highest BCUT2D eigenvalue weighted by Crippen LogP contribution is 2.15. The third-order valence-corrected chi connectivity index (χ3v) is 5.74. The van der Waals surface area contributed by atoms with E-state index in [1.807, 2.05) is 26.0 Å². The van der Waals surface area contributed by atoms with Gasteiger partial charge in [-0.3, -0.25) is 4.79 Å². The molecule has 0 saturated heterocycles. The predicted molar refractivity (Wildman–Crippen MR) is 104 cm³/mol. The van der Waals surface area contributed by atoms with Crippen molar-refractivity contribution in [2.24, 2.45) is 0 Å². The second kappa shape index (κ2) is 8.09. The van der Waals surface area contributed by atoms with E-state index in [9.17, 15) is 13.2 Å². The number of halogens is 1. The lowest BCUT2D eigenvalue weighted by atomic mass is 10.1. The number of nitrogens with one attached hydrogen (secondary N) is 2. The molecule has 0 aromatic heterocycles. The zero-order valence-corrected chi connectivity index (χ0v) is 16.4. The van der Waals surface area contributed by atoms with Gasteiger partial charge in [-0.05, 0) is 84.0 Å². The molecule has 128 valence electrons. The number of aryl methyl sites for hydroxylation is 2. The van der Waals surface area contributed by atoms with Gasteiger partial charge in [-0.2, -0.15) is 0 Å². The van der Waals surface area contributed by atoms with Gasteiger partial charge < -0.3 is 5.32 Å².